The predicted molar refractivity (Wildman–Crippen MR) is 116 cm³/mol. The van der Waals surface area contributed by atoms with Crippen molar-refractivity contribution in [2.45, 2.75) is 46.2 Å². The number of rotatable bonds is 10. The number of aryl methyl sites for hydroxylation is 1. The second-order valence-corrected chi connectivity index (χ2v) is 7.51. The first kappa shape index (κ1) is 22.8. The van der Waals surface area contributed by atoms with E-state index in [1.54, 1.807) is 19.1 Å². The number of carbonyl (C=O) groups is 2. The van der Waals surface area contributed by atoms with Crippen molar-refractivity contribution in [2.24, 2.45) is 0 Å². The summed E-state index contributed by atoms with van der Waals surface area (Å²) in [5, 5.41) is 3.48. The lowest BCUT2D eigenvalue weighted by Gasteiger charge is -2.28. The highest BCUT2D eigenvalue weighted by Gasteiger charge is 2.26. The molecule has 2 amide bonds. The van der Waals surface area contributed by atoms with Crippen LogP contribution < -0.4 is 10.1 Å². The van der Waals surface area contributed by atoms with E-state index < -0.39 is 6.04 Å². The average Bonchev–Trinajstić information content (AvgIpc) is 2.71. The first-order valence-electron chi connectivity index (χ1n) is 9.91. The monoisotopic (exact) mass is 416 g/mol. The lowest BCUT2D eigenvalue weighted by atomic mass is 10.1. The summed E-state index contributed by atoms with van der Waals surface area (Å²) in [4.78, 5) is 27.0. The minimum absolute atomic E-state index is 0.143. The van der Waals surface area contributed by atoms with Gasteiger partial charge in [0.1, 0.15) is 11.8 Å². The third-order valence-electron chi connectivity index (χ3n) is 4.62. The summed E-state index contributed by atoms with van der Waals surface area (Å²) < 4.78 is 5.64. The van der Waals surface area contributed by atoms with Gasteiger partial charge in [0.05, 0.1) is 0 Å². The molecule has 1 N–H and O–H groups in total. The maximum Gasteiger partial charge on any atom is 0.261 e. The summed E-state index contributed by atoms with van der Waals surface area (Å²) in [6.45, 7) is 6.51. The number of unbranched alkanes of at least 4 members (excludes halogenated alkanes) is 1. The second-order valence-electron chi connectivity index (χ2n) is 7.07. The van der Waals surface area contributed by atoms with E-state index in [0.717, 1.165) is 24.0 Å². The van der Waals surface area contributed by atoms with E-state index in [0.29, 0.717) is 17.3 Å². The Morgan fingerprint density at radius 2 is 1.90 bits per heavy atom. The van der Waals surface area contributed by atoms with Gasteiger partial charge >= 0.3 is 0 Å². The van der Waals surface area contributed by atoms with Crippen LogP contribution in [0.25, 0.3) is 0 Å². The molecular formula is C23H29ClN2O3. The molecule has 0 saturated carbocycles. The van der Waals surface area contributed by atoms with Crippen LogP contribution >= 0.6 is 11.6 Å². The van der Waals surface area contributed by atoms with Crippen molar-refractivity contribution in [1.29, 1.82) is 0 Å². The first-order chi connectivity index (χ1) is 13.9. The van der Waals surface area contributed by atoms with Crippen molar-refractivity contribution < 1.29 is 14.3 Å². The van der Waals surface area contributed by atoms with E-state index >= 15 is 0 Å². The highest BCUT2D eigenvalue weighted by molar-refractivity contribution is 6.30. The summed E-state index contributed by atoms with van der Waals surface area (Å²) >= 11 is 6.08. The zero-order valence-corrected chi connectivity index (χ0v) is 18.0. The zero-order valence-electron chi connectivity index (χ0n) is 17.3. The molecule has 0 bridgehead atoms. The standard InChI is InChI=1S/C23H29ClN2O3/c1-4-5-13-25-23(28)18(3)26(15-19-7-6-8-20(24)14-19)22(27)16-29-21-11-9-17(2)10-12-21/h6-12,14,18H,4-5,13,15-16H2,1-3H3,(H,25,28)/t18-/m0/s1. The second kappa shape index (κ2) is 11.5. The number of nitrogens with zero attached hydrogens (tertiary/aromatic N) is 1. The molecule has 0 unspecified atom stereocenters. The Hall–Kier alpha value is -2.53. The Morgan fingerprint density at radius 3 is 2.55 bits per heavy atom. The van der Waals surface area contributed by atoms with E-state index in [1.807, 2.05) is 43.3 Å². The fourth-order valence-corrected chi connectivity index (χ4v) is 3.03. The van der Waals surface area contributed by atoms with Gasteiger partial charge in [-0.05, 0) is 50.1 Å². The zero-order chi connectivity index (χ0) is 21.2. The molecule has 6 heteroatoms. The van der Waals surface area contributed by atoms with E-state index in [2.05, 4.69) is 12.2 Å². The van der Waals surface area contributed by atoms with Crippen LogP contribution in [0.4, 0.5) is 0 Å². The van der Waals surface area contributed by atoms with E-state index in [1.165, 1.54) is 4.90 Å². The Kier molecular flexibility index (Phi) is 9.00. The van der Waals surface area contributed by atoms with Crippen LogP contribution in [-0.2, 0) is 16.1 Å². The van der Waals surface area contributed by atoms with Crippen molar-refractivity contribution in [2.75, 3.05) is 13.2 Å². The van der Waals surface area contributed by atoms with Crippen LogP contribution in [0.15, 0.2) is 48.5 Å². The van der Waals surface area contributed by atoms with E-state index in [-0.39, 0.29) is 25.0 Å². The number of amides is 2. The van der Waals surface area contributed by atoms with Gasteiger partial charge in [-0.1, -0.05) is 54.8 Å². The van der Waals surface area contributed by atoms with E-state index in [4.69, 9.17) is 16.3 Å². The molecule has 0 heterocycles. The molecule has 0 spiro atoms. The number of hydrogen-bond acceptors (Lipinski definition) is 3. The van der Waals surface area contributed by atoms with Gasteiger partial charge in [0.2, 0.25) is 5.91 Å². The molecule has 2 aromatic carbocycles. The summed E-state index contributed by atoms with van der Waals surface area (Å²) in [5.41, 5.74) is 1.97. The van der Waals surface area contributed by atoms with Crippen molar-refractivity contribution >= 4 is 23.4 Å². The minimum atomic E-state index is -0.625. The Bertz CT molecular complexity index is 808. The number of benzene rings is 2. The third kappa shape index (κ3) is 7.42. The summed E-state index contributed by atoms with van der Waals surface area (Å²) in [6, 6.07) is 14.2. The highest BCUT2D eigenvalue weighted by Crippen LogP contribution is 2.16. The van der Waals surface area contributed by atoms with Crippen molar-refractivity contribution in [3.05, 3.63) is 64.7 Å². The normalized spacial score (nSPS) is 11.6. The Labute approximate surface area is 178 Å². The van der Waals surface area contributed by atoms with E-state index in [9.17, 15) is 9.59 Å². The quantitative estimate of drug-likeness (QED) is 0.585. The van der Waals surface area contributed by atoms with Gasteiger partial charge in [0.25, 0.3) is 5.91 Å². The third-order valence-corrected chi connectivity index (χ3v) is 4.86. The van der Waals surface area contributed by atoms with Gasteiger partial charge in [-0.2, -0.15) is 0 Å². The predicted octanol–water partition coefficient (Wildman–Crippen LogP) is 4.36. The molecule has 5 nitrogen and oxygen atoms in total. The number of hydrogen-bond donors (Lipinski definition) is 1. The Morgan fingerprint density at radius 1 is 1.17 bits per heavy atom. The average molecular weight is 417 g/mol. The molecule has 1 atom stereocenters. The van der Waals surface area contributed by atoms with Crippen LogP contribution in [0, 0.1) is 6.92 Å². The molecule has 0 aliphatic heterocycles. The molecule has 0 aliphatic rings. The van der Waals surface area contributed by atoms with Crippen LogP contribution in [-0.4, -0.2) is 35.9 Å². The summed E-state index contributed by atoms with van der Waals surface area (Å²) in [6.07, 6.45) is 1.89. The number of halogens is 1. The lowest BCUT2D eigenvalue weighted by molar-refractivity contribution is -0.142. The van der Waals surface area contributed by atoms with Crippen LogP contribution in [0.1, 0.15) is 37.8 Å². The molecule has 156 valence electrons. The molecule has 0 radical (unpaired) electrons. The number of ether oxygens (including phenoxy) is 1. The molecule has 29 heavy (non-hydrogen) atoms. The SMILES string of the molecule is CCCCNC(=O)[C@H](C)N(Cc1cccc(Cl)c1)C(=O)COc1ccc(C)cc1. The molecule has 2 rings (SSSR count). The largest absolute Gasteiger partial charge is 0.484 e. The molecule has 0 aromatic heterocycles. The first-order valence-corrected chi connectivity index (χ1v) is 10.3. The van der Waals surface area contributed by atoms with Crippen LogP contribution in [0.5, 0.6) is 5.75 Å². The van der Waals surface area contributed by atoms with Crippen LogP contribution in [0.3, 0.4) is 0 Å². The smallest absolute Gasteiger partial charge is 0.261 e. The van der Waals surface area contributed by atoms with Gasteiger partial charge < -0.3 is 15.0 Å². The van der Waals surface area contributed by atoms with Gasteiger partial charge in [-0.15, -0.1) is 0 Å². The maximum absolute atomic E-state index is 12.9. The van der Waals surface area contributed by atoms with Crippen LogP contribution in [0.2, 0.25) is 5.02 Å². The van der Waals surface area contributed by atoms with Gasteiger partial charge in [-0.3, -0.25) is 9.59 Å². The topological polar surface area (TPSA) is 58.6 Å². The maximum atomic E-state index is 12.9. The van der Waals surface area contributed by atoms with Crippen molar-refractivity contribution in [3.8, 4) is 5.75 Å². The molecule has 0 fully saturated rings. The number of nitrogens with one attached hydrogen (secondary N) is 1. The summed E-state index contributed by atoms with van der Waals surface area (Å²) in [5.74, 6) is 0.180. The fraction of sp³-hybridized carbons (Fsp3) is 0.391. The molecule has 0 saturated heterocycles. The lowest BCUT2D eigenvalue weighted by Crippen LogP contribution is -2.49. The van der Waals surface area contributed by atoms with Crippen molar-refractivity contribution in [3.63, 3.8) is 0 Å². The highest BCUT2D eigenvalue weighted by atomic mass is 35.5. The van der Waals surface area contributed by atoms with Crippen molar-refractivity contribution in [1.82, 2.24) is 10.2 Å². The van der Waals surface area contributed by atoms with Gasteiger partial charge in [0.15, 0.2) is 6.61 Å². The molecule has 0 aliphatic carbocycles. The number of carbonyl (C=O) groups excluding carboxylic acids is 2. The Balaban J connectivity index is 2.10. The fourth-order valence-electron chi connectivity index (χ4n) is 2.81. The van der Waals surface area contributed by atoms with Gasteiger partial charge in [0, 0.05) is 18.1 Å². The molecule has 2 aromatic rings. The molecular weight excluding hydrogens is 388 g/mol. The minimum Gasteiger partial charge on any atom is -0.484 e. The summed E-state index contributed by atoms with van der Waals surface area (Å²) in [7, 11) is 0. The van der Waals surface area contributed by atoms with Gasteiger partial charge in [-0.25, -0.2) is 0 Å².